The van der Waals surface area contributed by atoms with E-state index >= 15 is 0 Å². The maximum absolute atomic E-state index is 12.1. The van der Waals surface area contributed by atoms with Crippen molar-refractivity contribution in [1.82, 2.24) is 19.5 Å². The van der Waals surface area contributed by atoms with Crippen LogP contribution in [0.3, 0.4) is 0 Å². The van der Waals surface area contributed by atoms with Gasteiger partial charge in [-0.05, 0) is 43.4 Å². The van der Waals surface area contributed by atoms with Crippen molar-refractivity contribution in [2.45, 2.75) is 38.3 Å². The maximum atomic E-state index is 12.1. The summed E-state index contributed by atoms with van der Waals surface area (Å²) in [5, 5.41) is 0. The summed E-state index contributed by atoms with van der Waals surface area (Å²) in [6, 6.07) is 5.79. The van der Waals surface area contributed by atoms with E-state index in [0.29, 0.717) is 18.1 Å². The Labute approximate surface area is 157 Å². The first-order valence-corrected chi connectivity index (χ1v) is 9.13. The van der Waals surface area contributed by atoms with Crippen LogP contribution >= 0.6 is 0 Å². The third-order valence-electron chi connectivity index (χ3n) is 4.82. The van der Waals surface area contributed by atoms with E-state index in [4.69, 9.17) is 9.47 Å². The smallest absolute Gasteiger partial charge is 0.347 e. The number of nitrogens with zero attached hydrogens (tertiary/aromatic N) is 3. The van der Waals surface area contributed by atoms with E-state index in [-0.39, 0.29) is 11.8 Å². The Hall–Kier alpha value is -3.09. The third-order valence-corrected chi connectivity index (χ3v) is 4.82. The fraction of sp³-hybridized carbons (Fsp3) is 0.350. The lowest BCUT2D eigenvalue weighted by atomic mass is 10.1. The van der Waals surface area contributed by atoms with Crippen LogP contribution in [0.4, 0.5) is 0 Å². The number of aromatic nitrogens is 4. The number of nitrogens with one attached hydrogen (secondary N) is 1. The van der Waals surface area contributed by atoms with Crippen molar-refractivity contribution in [3.05, 3.63) is 59.3 Å². The molecule has 140 valence electrons. The van der Waals surface area contributed by atoms with Crippen molar-refractivity contribution in [2.75, 3.05) is 7.11 Å². The quantitative estimate of drug-likeness (QED) is 0.725. The number of ether oxygens (including phenoxy) is 2. The van der Waals surface area contributed by atoms with Gasteiger partial charge in [-0.1, -0.05) is 6.07 Å². The maximum Gasteiger partial charge on any atom is 0.347 e. The van der Waals surface area contributed by atoms with Crippen molar-refractivity contribution < 1.29 is 9.47 Å². The van der Waals surface area contributed by atoms with Gasteiger partial charge in [-0.25, -0.2) is 14.8 Å². The fourth-order valence-corrected chi connectivity index (χ4v) is 3.40. The minimum atomic E-state index is -0.314. The molecule has 0 aliphatic heterocycles. The van der Waals surface area contributed by atoms with Crippen molar-refractivity contribution in [3.8, 4) is 22.6 Å². The van der Waals surface area contributed by atoms with Crippen LogP contribution in [0, 0.1) is 0 Å². The van der Waals surface area contributed by atoms with Crippen LogP contribution in [-0.4, -0.2) is 32.7 Å². The SMILES string of the molecule is COc1ccc(-c2cnc(=O)n(Cc3ncc[nH]3)c2)cc1OC1CCCC1. The Morgan fingerprint density at radius 1 is 1.19 bits per heavy atom. The predicted molar refractivity (Wildman–Crippen MR) is 101 cm³/mol. The Morgan fingerprint density at radius 3 is 2.78 bits per heavy atom. The van der Waals surface area contributed by atoms with E-state index in [2.05, 4.69) is 15.0 Å². The molecule has 2 heterocycles. The zero-order valence-electron chi connectivity index (χ0n) is 15.2. The molecular weight excluding hydrogens is 344 g/mol. The zero-order chi connectivity index (χ0) is 18.6. The molecule has 0 radical (unpaired) electrons. The summed E-state index contributed by atoms with van der Waals surface area (Å²) < 4.78 is 13.2. The Balaban J connectivity index is 1.65. The van der Waals surface area contributed by atoms with Crippen molar-refractivity contribution in [2.24, 2.45) is 0 Å². The number of H-pyrrole nitrogens is 1. The topological polar surface area (TPSA) is 82.0 Å². The molecule has 3 aromatic rings. The molecule has 0 spiro atoms. The second-order valence-electron chi connectivity index (χ2n) is 6.68. The van der Waals surface area contributed by atoms with Crippen LogP contribution in [0.5, 0.6) is 11.5 Å². The molecule has 0 amide bonds. The minimum absolute atomic E-state index is 0.236. The first-order chi connectivity index (χ1) is 13.2. The molecule has 0 atom stereocenters. The molecule has 2 aromatic heterocycles. The average molecular weight is 366 g/mol. The molecule has 1 saturated carbocycles. The Kier molecular flexibility index (Phi) is 4.91. The van der Waals surface area contributed by atoms with Crippen LogP contribution < -0.4 is 15.2 Å². The van der Waals surface area contributed by atoms with E-state index in [1.165, 1.54) is 17.4 Å². The number of hydrogen-bond donors (Lipinski definition) is 1. The van der Waals surface area contributed by atoms with Crippen LogP contribution in [0.25, 0.3) is 11.1 Å². The summed E-state index contributed by atoms with van der Waals surface area (Å²) in [6.45, 7) is 0.342. The van der Waals surface area contributed by atoms with Gasteiger partial charge in [0.25, 0.3) is 0 Å². The highest BCUT2D eigenvalue weighted by molar-refractivity contribution is 5.65. The number of benzene rings is 1. The first kappa shape index (κ1) is 17.3. The van der Waals surface area contributed by atoms with Gasteiger partial charge in [-0.2, -0.15) is 0 Å². The highest BCUT2D eigenvalue weighted by atomic mass is 16.5. The molecule has 1 N–H and O–H groups in total. The van der Waals surface area contributed by atoms with Crippen LogP contribution in [0.2, 0.25) is 0 Å². The molecule has 0 unspecified atom stereocenters. The predicted octanol–water partition coefficient (Wildman–Crippen LogP) is 3.01. The molecule has 1 aliphatic carbocycles. The van der Waals surface area contributed by atoms with Gasteiger partial charge in [0.15, 0.2) is 11.5 Å². The number of rotatable bonds is 6. The summed E-state index contributed by atoms with van der Waals surface area (Å²) >= 11 is 0. The van der Waals surface area contributed by atoms with E-state index in [0.717, 1.165) is 29.7 Å². The lowest BCUT2D eigenvalue weighted by molar-refractivity contribution is 0.201. The number of methoxy groups -OCH3 is 1. The molecule has 1 aliphatic rings. The molecule has 0 bridgehead atoms. The summed E-state index contributed by atoms with van der Waals surface area (Å²) in [5.41, 5.74) is 1.44. The van der Waals surface area contributed by atoms with Gasteiger partial charge >= 0.3 is 5.69 Å². The van der Waals surface area contributed by atoms with Gasteiger partial charge in [-0.15, -0.1) is 0 Å². The van der Waals surface area contributed by atoms with Gasteiger partial charge in [-0.3, -0.25) is 4.57 Å². The second-order valence-corrected chi connectivity index (χ2v) is 6.68. The van der Waals surface area contributed by atoms with Crippen LogP contribution in [-0.2, 0) is 6.54 Å². The zero-order valence-corrected chi connectivity index (χ0v) is 15.2. The van der Waals surface area contributed by atoms with Gasteiger partial charge in [0.1, 0.15) is 5.82 Å². The van der Waals surface area contributed by atoms with Gasteiger partial charge < -0.3 is 14.5 Å². The third kappa shape index (κ3) is 3.86. The molecule has 4 rings (SSSR count). The molecule has 27 heavy (non-hydrogen) atoms. The highest BCUT2D eigenvalue weighted by Gasteiger charge is 2.19. The standard InChI is InChI=1S/C20H22N4O3/c1-26-17-7-6-14(10-18(17)27-16-4-2-3-5-16)15-11-23-20(25)24(12-15)13-19-21-8-9-22-19/h6-12,16H,2-5,13H2,1H3,(H,21,22). The van der Waals surface area contributed by atoms with Crippen molar-refractivity contribution in [3.63, 3.8) is 0 Å². The molecule has 1 aromatic carbocycles. The molecule has 7 nitrogen and oxygen atoms in total. The van der Waals surface area contributed by atoms with E-state index in [1.807, 2.05) is 18.2 Å². The Morgan fingerprint density at radius 2 is 2.04 bits per heavy atom. The lowest BCUT2D eigenvalue weighted by Crippen LogP contribution is -2.23. The summed E-state index contributed by atoms with van der Waals surface area (Å²) in [5.74, 6) is 2.14. The minimum Gasteiger partial charge on any atom is -0.493 e. The fourth-order valence-electron chi connectivity index (χ4n) is 3.40. The van der Waals surface area contributed by atoms with E-state index in [9.17, 15) is 4.79 Å². The first-order valence-electron chi connectivity index (χ1n) is 9.13. The van der Waals surface area contributed by atoms with E-state index in [1.54, 1.807) is 31.9 Å². The number of imidazole rings is 1. The van der Waals surface area contributed by atoms with E-state index < -0.39 is 0 Å². The molecule has 0 saturated heterocycles. The van der Waals surface area contributed by atoms with Gasteiger partial charge in [0.2, 0.25) is 0 Å². The Bertz CT molecular complexity index is 960. The number of aromatic amines is 1. The molecular formula is C20H22N4O3. The monoisotopic (exact) mass is 366 g/mol. The number of hydrogen-bond acceptors (Lipinski definition) is 5. The lowest BCUT2D eigenvalue weighted by Gasteiger charge is -2.17. The normalized spacial score (nSPS) is 14.4. The van der Waals surface area contributed by atoms with Crippen LogP contribution in [0.15, 0.2) is 47.8 Å². The van der Waals surface area contributed by atoms with Gasteiger partial charge in [0.05, 0.1) is 19.8 Å². The largest absolute Gasteiger partial charge is 0.493 e. The van der Waals surface area contributed by atoms with Crippen LogP contribution in [0.1, 0.15) is 31.5 Å². The van der Waals surface area contributed by atoms with Crippen molar-refractivity contribution >= 4 is 0 Å². The summed E-state index contributed by atoms with van der Waals surface area (Å²) in [6.07, 6.45) is 11.6. The second kappa shape index (κ2) is 7.65. The summed E-state index contributed by atoms with van der Waals surface area (Å²) in [4.78, 5) is 23.3. The molecule has 7 heteroatoms. The highest BCUT2D eigenvalue weighted by Crippen LogP contribution is 2.35. The van der Waals surface area contributed by atoms with Gasteiger partial charge in [0, 0.05) is 30.4 Å². The summed E-state index contributed by atoms with van der Waals surface area (Å²) in [7, 11) is 1.64. The average Bonchev–Trinajstić information content (AvgIpc) is 3.38. The molecule has 1 fully saturated rings. The van der Waals surface area contributed by atoms with Crippen molar-refractivity contribution in [1.29, 1.82) is 0 Å².